The summed E-state index contributed by atoms with van der Waals surface area (Å²) in [5, 5.41) is 19.5. The third-order valence-corrected chi connectivity index (χ3v) is 15.6. The molecule has 16 nitrogen and oxygen atoms in total. The Balaban J connectivity index is 0.788. The minimum Gasteiger partial charge on any atom is -0.493 e. The summed E-state index contributed by atoms with van der Waals surface area (Å²) in [7, 11) is 0. The Morgan fingerprint density at radius 3 is 2.43 bits per heavy atom. The van der Waals surface area contributed by atoms with Gasteiger partial charge >= 0.3 is 0 Å². The van der Waals surface area contributed by atoms with Gasteiger partial charge in [0.25, 0.3) is 5.91 Å². The molecule has 0 radical (unpaired) electrons. The molecule has 3 N–H and O–H groups in total. The van der Waals surface area contributed by atoms with Gasteiger partial charge in [0.15, 0.2) is 5.82 Å². The normalized spacial score (nSPS) is 16.9. The van der Waals surface area contributed by atoms with Crippen LogP contribution in [0.2, 0.25) is 5.02 Å². The van der Waals surface area contributed by atoms with Crippen LogP contribution in [0.4, 0.5) is 0 Å². The van der Waals surface area contributed by atoms with Crippen molar-refractivity contribution in [2.45, 2.75) is 99.3 Å². The summed E-state index contributed by atoms with van der Waals surface area (Å²) in [4.78, 5) is 73.5. The number of ether oxygens (including phenoxy) is 1. The number of nitrogens with one attached hydrogen (secondary N) is 3. The quantitative estimate of drug-likeness (QED) is 0.0845. The van der Waals surface area contributed by atoms with E-state index in [2.05, 4.69) is 50.0 Å². The number of aromatic nitrogens is 6. The number of pyridine rings is 1. The number of thiophene rings is 1. The number of carbonyl (C=O) groups is 4. The highest BCUT2D eigenvalue weighted by Gasteiger charge is 2.44. The fourth-order valence-corrected chi connectivity index (χ4v) is 11.4. The summed E-state index contributed by atoms with van der Waals surface area (Å²) >= 11 is 9.51. The number of thiazole rings is 1. The van der Waals surface area contributed by atoms with Gasteiger partial charge in [-0.15, -0.1) is 32.9 Å². The van der Waals surface area contributed by atoms with Crippen molar-refractivity contribution in [1.82, 2.24) is 50.0 Å². The number of fused-ring (bicyclic) bond motifs is 4. The van der Waals surface area contributed by atoms with Crippen LogP contribution in [0.15, 0.2) is 83.6 Å². The lowest BCUT2D eigenvalue weighted by atomic mass is 9.85. The number of amides is 4. The topological polar surface area (TPSA) is 190 Å². The van der Waals surface area contributed by atoms with E-state index in [-0.39, 0.29) is 35.8 Å². The average Bonchev–Trinajstić information content (AvgIpc) is 4.19. The second-order valence-electron chi connectivity index (χ2n) is 19.7. The largest absolute Gasteiger partial charge is 0.493 e. The second-order valence-corrected chi connectivity index (χ2v) is 22.2. The zero-order valence-corrected chi connectivity index (χ0v) is 44.0. The van der Waals surface area contributed by atoms with Gasteiger partial charge in [0.05, 0.1) is 34.8 Å². The molecule has 1 fully saturated rings. The number of aliphatic imine (C=N–C) groups is 1. The van der Waals surface area contributed by atoms with Crippen LogP contribution in [-0.4, -0.2) is 95.2 Å². The molecule has 0 bridgehead atoms. The first kappa shape index (κ1) is 50.2. The third-order valence-electron chi connectivity index (χ3n) is 13.2. The molecule has 0 spiro atoms. The first-order valence-electron chi connectivity index (χ1n) is 24.1. The number of halogens is 1. The first-order valence-corrected chi connectivity index (χ1v) is 26.1. The van der Waals surface area contributed by atoms with Gasteiger partial charge in [0.1, 0.15) is 46.0 Å². The summed E-state index contributed by atoms with van der Waals surface area (Å²) in [6.07, 6.45) is 4.47. The monoisotopic (exact) mass is 1030 g/mol. The predicted octanol–water partition coefficient (Wildman–Crippen LogP) is 8.55. The number of hydrogen-bond donors (Lipinski definition) is 3. The van der Waals surface area contributed by atoms with Crippen molar-refractivity contribution in [2.24, 2.45) is 16.3 Å². The zero-order valence-electron chi connectivity index (χ0n) is 41.6. The summed E-state index contributed by atoms with van der Waals surface area (Å²) < 4.78 is 9.80. The van der Waals surface area contributed by atoms with E-state index in [9.17, 15) is 19.2 Å². The molecule has 0 saturated carbocycles. The van der Waals surface area contributed by atoms with Crippen LogP contribution < -0.4 is 20.7 Å². The summed E-state index contributed by atoms with van der Waals surface area (Å²) in [5.74, 6) is 0.731. The molecular formula is C53H58ClN11O5S2. The lowest BCUT2D eigenvalue weighted by Crippen LogP contribution is -2.57. The number of benzene rings is 2. The Kier molecular flexibility index (Phi) is 14.5. The van der Waals surface area contributed by atoms with Crippen molar-refractivity contribution in [1.29, 1.82) is 0 Å². The lowest BCUT2D eigenvalue weighted by Gasteiger charge is -2.35. The minimum absolute atomic E-state index is 0.0703. The van der Waals surface area contributed by atoms with E-state index < -0.39 is 29.4 Å². The molecule has 0 aliphatic carbocycles. The number of imidazole rings is 1. The van der Waals surface area contributed by atoms with Crippen LogP contribution in [0, 0.1) is 39.0 Å². The molecule has 4 amide bonds. The van der Waals surface area contributed by atoms with Crippen LogP contribution in [0.5, 0.6) is 5.75 Å². The van der Waals surface area contributed by atoms with Crippen LogP contribution in [0.3, 0.4) is 0 Å². The highest BCUT2D eigenvalue weighted by atomic mass is 35.5. The van der Waals surface area contributed by atoms with Gasteiger partial charge in [-0.05, 0) is 86.8 Å². The van der Waals surface area contributed by atoms with Crippen molar-refractivity contribution < 1.29 is 23.9 Å². The number of nitrogens with zero attached hydrogens (tertiary/aromatic N) is 8. The van der Waals surface area contributed by atoms with Gasteiger partial charge in [-0.1, -0.05) is 75.7 Å². The van der Waals surface area contributed by atoms with E-state index in [0.717, 1.165) is 54.9 Å². The van der Waals surface area contributed by atoms with Gasteiger partial charge in [0.2, 0.25) is 17.7 Å². The molecule has 72 heavy (non-hydrogen) atoms. The Morgan fingerprint density at radius 1 is 0.958 bits per heavy atom. The third kappa shape index (κ3) is 10.6. The van der Waals surface area contributed by atoms with Crippen molar-refractivity contribution in [2.75, 3.05) is 19.7 Å². The maximum absolute atomic E-state index is 14.4. The molecule has 1 saturated heterocycles. The molecule has 2 aliphatic rings. The highest BCUT2D eigenvalue weighted by Crippen LogP contribution is 2.40. The average molecular weight is 1030 g/mol. The fourth-order valence-electron chi connectivity index (χ4n) is 9.25. The summed E-state index contributed by atoms with van der Waals surface area (Å²) in [6.45, 7) is 17.2. The number of hydrogen-bond acceptors (Lipinski definition) is 12. The van der Waals surface area contributed by atoms with Crippen LogP contribution in [0.1, 0.15) is 108 Å². The minimum atomic E-state index is -0.934. The van der Waals surface area contributed by atoms with Gasteiger partial charge in [-0.25, -0.2) is 9.97 Å². The zero-order chi connectivity index (χ0) is 51.0. The highest BCUT2D eigenvalue weighted by molar-refractivity contribution is 7.15. The molecule has 0 unspecified atom stereocenters. The van der Waals surface area contributed by atoms with E-state index in [1.54, 1.807) is 56.5 Å². The summed E-state index contributed by atoms with van der Waals surface area (Å²) in [6, 6.07) is 16.9. The molecule has 2 aliphatic heterocycles. The van der Waals surface area contributed by atoms with E-state index in [0.29, 0.717) is 61.3 Å². The second kappa shape index (κ2) is 20.8. The van der Waals surface area contributed by atoms with Gasteiger partial charge in [-0.3, -0.25) is 28.7 Å². The summed E-state index contributed by atoms with van der Waals surface area (Å²) in [5.41, 5.74) is 8.55. The van der Waals surface area contributed by atoms with Crippen molar-refractivity contribution in [3.8, 4) is 21.2 Å². The molecule has 7 heterocycles. The van der Waals surface area contributed by atoms with Crippen molar-refractivity contribution in [3.63, 3.8) is 0 Å². The lowest BCUT2D eigenvalue weighted by molar-refractivity contribution is -0.142. The fraction of sp³-hybridized carbons (Fsp3) is 0.377. The molecule has 2 aromatic carbocycles. The van der Waals surface area contributed by atoms with Gasteiger partial charge in [0, 0.05) is 59.1 Å². The first-order chi connectivity index (χ1) is 34.4. The Labute approximate surface area is 431 Å². The van der Waals surface area contributed by atoms with Crippen molar-refractivity contribution in [3.05, 3.63) is 134 Å². The van der Waals surface area contributed by atoms with Crippen LogP contribution in [0.25, 0.3) is 21.1 Å². The van der Waals surface area contributed by atoms with E-state index in [4.69, 9.17) is 21.3 Å². The maximum Gasteiger partial charge on any atom is 0.272 e. The molecule has 19 heteroatoms. The number of carbonyl (C=O) groups excluding carboxylic acids is 4. The smallest absolute Gasteiger partial charge is 0.272 e. The van der Waals surface area contributed by atoms with E-state index in [1.165, 1.54) is 4.88 Å². The van der Waals surface area contributed by atoms with Crippen LogP contribution >= 0.6 is 34.3 Å². The number of aryl methyl sites for hydroxylation is 3. The SMILES string of the molecule is Cc1ncsc1-c1ccc(CNC(=O)[C@@H]2C[C@@H](C)CN2C(=O)[C@@H](NC(=O)c2cn3ccc(OCCCNC(=O)C[C@@H]4N=C(c5ccc(Cl)cc5)c5c(sc(C)c5C)-n5c(C)nnc54)cc3n2)C(C)(C)C)cc1. The molecule has 7 aromatic rings. The Bertz CT molecular complexity index is 3200. The van der Waals surface area contributed by atoms with Gasteiger partial charge < -0.3 is 30.0 Å². The standard InChI is InChI=1S/C53H58ClN11O5S2/c1-29-22-41(50(68)56-25-34-10-12-36(13-11-34)46-31(3)57-28-71-46)64(26-29)51(69)47(53(6,7)8)60-49(67)40-27-63-20-18-38(23-42(63)58-40)70-21-9-19-55-43(66)24-39-48-62-61-33(5)65(48)52-44(30(2)32(4)72-52)45(59-39)35-14-16-37(54)17-15-35/h10-18,20,23,27-29,39,41,47H,9,19,21-22,24-26H2,1-8H3,(H,55,66)(H,56,68)(H,60,67)/t29-,39+,41+,47-/m1/s1. The van der Waals surface area contributed by atoms with Crippen molar-refractivity contribution >= 4 is 69.3 Å². The predicted molar refractivity (Wildman–Crippen MR) is 280 cm³/mol. The molecule has 9 rings (SSSR count). The van der Waals surface area contributed by atoms with E-state index >= 15 is 0 Å². The van der Waals surface area contributed by atoms with Gasteiger partial charge in [-0.2, -0.15) is 0 Å². The number of likely N-dealkylation sites (tertiary alicyclic amines) is 1. The molecule has 4 atom stereocenters. The Morgan fingerprint density at radius 2 is 1.71 bits per heavy atom. The molecular weight excluding hydrogens is 970 g/mol. The molecule has 5 aromatic heterocycles. The Hall–Kier alpha value is -6.76. The van der Waals surface area contributed by atoms with E-state index in [1.807, 2.05) is 100 Å². The van der Waals surface area contributed by atoms with Crippen LogP contribution in [-0.2, 0) is 20.9 Å². The number of rotatable bonds is 15. The molecule has 374 valence electrons. The maximum atomic E-state index is 14.4.